The number of hydrogen-bond donors (Lipinski definition) is 1. The maximum atomic E-state index is 12.4. The van der Waals surface area contributed by atoms with Crippen LogP contribution in [0.5, 0.6) is 11.6 Å². The highest BCUT2D eigenvalue weighted by molar-refractivity contribution is 6.30. The molecule has 4 aromatic rings. The van der Waals surface area contributed by atoms with Crippen LogP contribution >= 0.6 is 11.6 Å². The zero-order chi connectivity index (χ0) is 24.1. The van der Waals surface area contributed by atoms with Gasteiger partial charge in [0.1, 0.15) is 11.6 Å². The van der Waals surface area contributed by atoms with Crippen molar-refractivity contribution in [2.75, 3.05) is 26.1 Å². The van der Waals surface area contributed by atoms with E-state index in [9.17, 15) is 9.59 Å². The summed E-state index contributed by atoms with van der Waals surface area (Å²) in [6.07, 6.45) is 1.32. The summed E-state index contributed by atoms with van der Waals surface area (Å²) >= 11 is 5.99. The topological polar surface area (TPSA) is 105 Å². The lowest BCUT2D eigenvalue weighted by Gasteiger charge is -2.06. The number of benzene rings is 2. The van der Waals surface area contributed by atoms with Gasteiger partial charge in [-0.3, -0.25) is 9.48 Å². The number of anilines is 1. The minimum atomic E-state index is -0.509. The summed E-state index contributed by atoms with van der Waals surface area (Å²) in [5, 5.41) is 8.55. The molecule has 0 radical (unpaired) electrons. The number of ether oxygens (including phenoxy) is 3. The molecule has 10 heteroatoms. The zero-order valence-electron chi connectivity index (χ0n) is 18.4. The molecule has 0 bridgehead atoms. The van der Waals surface area contributed by atoms with Crippen molar-refractivity contribution in [2.45, 2.75) is 6.54 Å². The monoisotopic (exact) mass is 480 g/mol. The maximum absolute atomic E-state index is 12.4. The van der Waals surface area contributed by atoms with E-state index in [0.717, 1.165) is 11.1 Å². The van der Waals surface area contributed by atoms with Gasteiger partial charge in [0.25, 0.3) is 5.91 Å². The highest BCUT2D eigenvalue weighted by Gasteiger charge is 2.15. The van der Waals surface area contributed by atoms with Crippen molar-refractivity contribution < 1.29 is 23.8 Å². The van der Waals surface area contributed by atoms with Crippen LogP contribution in [0.4, 0.5) is 5.82 Å². The van der Waals surface area contributed by atoms with Crippen LogP contribution in [-0.4, -0.2) is 47.5 Å². The van der Waals surface area contributed by atoms with Crippen molar-refractivity contribution in [3.05, 3.63) is 76.9 Å². The summed E-state index contributed by atoms with van der Waals surface area (Å²) in [4.78, 5) is 27.9. The summed E-state index contributed by atoms with van der Waals surface area (Å²) in [5.41, 5.74) is 2.12. The Kier molecular flexibility index (Phi) is 6.93. The molecule has 4 rings (SSSR count). The normalized spacial score (nSPS) is 10.7. The van der Waals surface area contributed by atoms with Gasteiger partial charge in [-0.15, -0.1) is 5.10 Å². The fourth-order valence-electron chi connectivity index (χ4n) is 3.27. The van der Waals surface area contributed by atoms with Crippen LogP contribution in [0.1, 0.15) is 15.9 Å². The number of nitrogens with zero attached hydrogens (tertiary/aromatic N) is 3. The van der Waals surface area contributed by atoms with Gasteiger partial charge in [0.15, 0.2) is 6.61 Å². The van der Waals surface area contributed by atoms with Crippen molar-refractivity contribution in [1.82, 2.24) is 14.8 Å². The number of pyridine rings is 1. The average Bonchev–Trinajstić information content (AvgIpc) is 3.20. The van der Waals surface area contributed by atoms with Gasteiger partial charge in [0.2, 0.25) is 5.88 Å². The minimum Gasteiger partial charge on any atom is -0.497 e. The smallest absolute Gasteiger partial charge is 0.339 e. The number of carbonyl (C=O) groups is 2. The van der Waals surface area contributed by atoms with Crippen molar-refractivity contribution in [3.63, 3.8) is 0 Å². The van der Waals surface area contributed by atoms with Crippen LogP contribution in [0, 0.1) is 0 Å². The number of esters is 1. The molecular weight excluding hydrogens is 460 g/mol. The highest BCUT2D eigenvalue weighted by atomic mass is 35.5. The van der Waals surface area contributed by atoms with Crippen molar-refractivity contribution in [1.29, 1.82) is 0 Å². The van der Waals surface area contributed by atoms with E-state index in [1.54, 1.807) is 17.9 Å². The quantitative estimate of drug-likeness (QED) is 0.381. The molecule has 2 aromatic carbocycles. The molecule has 0 unspecified atom stereocenters. The number of hydrogen-bond acceptors (Lipinski definition) is 7. The molecule has 34 heavy (non-hydrogen) atoms. The lowest BCUT2D eigenvalue weighted by Crippen LogP contribution is -2.21. The number of rotatable bonds is 8. The van der Waals surface area contributed by atoms with E-state index in [2.05, 4.69) is 20.1 Å². The molecule has 0 fully saturated rings. The number of nitrogens with one attached hydrogen (secondary N) is 1. The van der Waals surface area contributed by atoms with E-state index >= 15 is 0 Å². The standard InChI is InChI=1S/C24H21ClN4O5/c1-32-18-8-9-20-19(11-18)23(28-29(20)13-15-3-6-17(25)7-4-15)34-14-22(30)27-21-10-5-16(12-26-21)24(31)33-2/h3-12H,13-14H2,1-2H3,(H,26,27,30). The zero-order valence-corrected chi connectivity index (χ0v) is 19.2. The molecule has 174 valence electrons. The van der Waals surface area contributed by atoms with Gasteiger partial charge in [0.05, 0.1) is 37.2 Å². The van der Waals surface area contributed by atoms with Crippen molar-refractivity contribution in [2.24, 2.45) is 0 Å². The Morgan fingerprint density at radius 3 is 2.53 bits per heavy atom. The molecule has 0 atom stereocenters. The summed E-state index contributed by atoms with van der Waals surface area (Å²) in [7, 11) is 2.86. The third-order valence-electron chi connectivity index (χ3n) is 4.96. The Hall–Kier alpha value is -4.11. The van der Waals surface area contributed by atoms with Gasteiger partial charge < -0.3 is 19.5 Å². The van der Waals surface area contributed by atoms with E-state index in [4.69, 9.17) is 21.1 Å². The fourth-order valence-corrected chi connectivity index (χ4v) is 3.39. The Morgan fingerprint density at radius 2 is 1.85 bits per heavy atom. The van der Waals surface area contributed by atoms with E-state index in [-0.39, 0.29) is 18.0 Å². The van der Waals surface area contributed by atoms with Gasteiger partial charge in [-0.1, -0.05) is 23.7 Å². The summed E-state index contributed by atoms with van der Waals surface area (Å²) < 4.78 is 17.5. The van der Waals surface area contributed by atoms with Crippen molar-refractivity contribution in [3.8, 4) is 11.6 Å². The third kappa shape index (κ3) is 5.26. The van der Waals surface area contributed by atoms with Crippen molar-refractivity contribution >= 4 is 40.2 Å². The number of amides is 1. The molecule has 9 nitrogen and oxygen atoms in total. The number of halogens is 1. The molecule has 1 amide bonds. The van der Waals surface area contributed by atoms with Crippen LogP contribution in [0.2, 0.25) is 5.02 Å². The third-order valence-corrected chi connectivity index (χ3v) is 5.21. The second-order valence-corrected chi connectivity index (χ2v) is 7.67. The molecule has 2 heterocycles. The number of carbonyl (C=O) groups excluding carboxylic acids is 2. The van der Waals surface area contributed by atoms with E-state index in [1.165, 1.54) is 25.4 Å². The fraction of sp³-hybridized carbons (Fsp3) is 0.167. The van der Waals surface area contributed by atoms with Gasteiger partial charge in [-0.25, -0.2) is 9.78 Å². The minimum absolute atomic E-state index is 0.279. The predicted molar refractivity (Wildman–Crippen MR) is 127 cm³/mol. The molecule has 1 N–H and O–H groups in total. The van der Waals surface area contributed by atoms with Crippen LogP contribution in [-0.2, 0) is 16.1 Å². The molecular formula is C24H21ClN4O5. The first-order chi connectivity index (χ1) is 16.5. The number of fused-ring (bicyclic) bond motifs is 1. The van der Waals surface area contributed by atoms with Gasteiger partial charge in [0, 0.05) is 11.2 Å². The molecule has 0 spiro atoms. The first-order valence-electron chi connectivity index (χ1n) is 10.2. The first kappa shape index (κ1) is 23.1. The molecule has 0 aliphatic rings. The lowest BCUT2D eigenvalue weighted by atomic mass is 10.2. The molecule has 2 aromatic heterocycles. The van der Waals surface area contributed by atoms with Crippen LogP contribution in [0.3, 0.4) is 0 Å². The van der Waals surface area contributed by atoms with Gasteiger partial charge >= 0.3 is 5.97 Å². The molecule has 0 saturated carbocycles. The lowest BCUT2D eigenvalue weighted by molar-refractivity contribution is -0.118. The second-order valence-electron chi connectivity index (χ2n) is 7.23. The molecule has 0 saturated heterocycles. The maximum Gasteiger partial charge on any atom is 0.339 e. The second kappa shape index (κ2) is 10.2. The highest BCUT2D eigenvalue weighted by Crippen LogP contribution is 2.29. The number of aromatic nitrogens is 3. The van der Waals surface area contributed by atoms with Gasteiger partial charge in [-0.05, 0) is 48.0 Å². The Bertz CT molecular complexity index is 1320. The van der Waals surface area contributed by atoms with Crippen LogP contribution in [0.25, 0.3) is 10.9 Å². The predicted octanol–water partition coefficient (Wildman–Crippen LogP) is 3.95. The molecule has 0 aliphatic heterocycles. The summed E-state index contributed by atoms with van der Waals surface area (Å²) in [6.45, 7) is 0.205. The van der Waals surface area contributed by atoms with Crippen LogP contribution < -0.4 is 14.8 Å². The number of methoxy groups -OCH3 is 2. The average molecular weight is 481 g/mol. The Morgan fingerprint density at radius 1 is 1.06 bits per heavy atom. The van der Waals surface area contributed by atoms with E-state index in [0.29, 0.717) is 28.6 Å². The SMILES string of the molecule is COC(=O)c1ccc(NC(=O)COc2nn(Cc3ccc(Cl)cc3)c3ccc(OC)cc23)nc1. The Balaban J connectivity index is 1.49. The largest absolute Gasteiger partial charge is 0.497 e. The van der Waals surface area contributed by atoms with Crippen LogP contribution in [0.15, 0.2) is 60.8 Å². The van der Waals surface area contributed by atoms with Gasteiger partial charge in [-0.2, -0.15) is 0 Å². The summed E-state index contributed by atoms with van der Waals surface area (Å²) in [6, 6.07) is 16.0. The molecule has 0 aliphatic carbocycles. The van der Waals surface area contributed by atoms with E-state index in [1.807, 2.05) is 36.4 Å². The Labute approximate surface area is 200 Å². The summed E-state index contributed by atoms with van der Waals surface area (Å²) in [5.74, 6) is 0.280. The first-order valence-corrected chi connectivity index (χ1v) is 10.6. The van der Waals surface area contributed by atoms with E-state index < -0.39 is 11.9 Å².